The van der Waals surface area contributed by atoms with Crippen molar-refractivity contribution < 1.29 is 13.2 Å². The number of hydrogen-bond acceptors (Lipinski definition) is 4. The van der Waals surface area contributed by atoms with Crippen LogP contribution in [0.5, 0.6) is 0 Å². The minimum absolute atomic E-state index is 0.362. The quantitative estimate of drug-likeness (QED) is 0.780. The third kappa shape index (κ3) is 4.51. The summed E-state index contributed by atoms with van der Waals surface area (Å²) in [4.78, 5) is 2.56. The Balaban J connectivity index is 1.72. The van der Waals surface area contributed by atoms with E-state index >= 15 is 0 Å². The van der Waals surface area contributed by atoms with Gasteiger partial charge in [-0.2, -0.15) is 4.31 Å². The summed E-state index contributed by atoms with van der Waals surface area (Å²) < 4.78 is 32.4. The average molecular weight is 375 g/mol. The maximum Gasteiger partial charge on any atom is 0.243 e. The molecule has 1 aliphatic rings. The molecule has 1 fully saturated rings. The van der Waals surface area contributed by atoms with Crippen LogP contribution in [0.25, 0.3) is 0 Å². The van der Waals surface area contributed by atoms with Gasteiger partial charge in [0.1, 0.15) is 0 Å². The number of morpholine rings is 1. The van der Waals surface area contributed by atoms with Gasteiger partial charge in [0.15, 0.2) is 0 Å². The number of aryl methyl sites for hydroxylation is 1. The van der Waals surface area contributed by atoms with E-state index < -0.39 is 10.0 Å². The second-order valence-electron chi connectivity index (χ2n) is 6.76. The summed E-state index contributed by atoms with van der Waals surface area (Å²) in [6, 6.07) is 15.6. The first-order valence-electron chi connectivity index (χ1n) is 8.87. The monoisotopic (exact) mass is 374 g/mol. The Morgan fingerprint density at radius 1 is 1.04 bits per heavy atom. The normalized spacial score (nSPS) is 16.1. The number of ether oxygens (including phenoxy) is 1. The van der Waals surface area contributed by atoms with E-state index in [2.05, 4.69) is 31.0 Å². The van der Waals surface area contributed by atoms with Gasteiger partial charge in [-0.3, -0.25) is 4.90 Å². The molecule has 0 aromatic heterocycles. The molecule has 0 saturated carbocycles. The Labute approximate surface area is 156 Å². The number of benzene rings is 2. The van der Waals surface area contributed by atoms with E-state index in [0.29, 0.717) is 37.7 Å². The van der Waals surface area contributed by atoms with Gasteiger partial charge in [0.05, 0.1) is 18.1 Å². The summed E-state index contributed by atoms with van der Waals surface area (Å²) in [5, 5.41) is 0. The Bertz CT molecular complexity index is 846. The van der Waals surface area contributed by atoms with E-state index in [0.717, 1.165) is 12.1 Å². The van der Waals surface area contributed by atoms with Gasteiger partial charge in [-0.15, -0.1) is 0 Å². The van der Waals surface area contributed by atoms with Crippen LogP contribution < -0.4 is 0 Å². The lowest BCUT2D eigenvalue weighted by molar-refractivity contribution is 0.0730. The van der Waals surface area contributed by atoms with Gasteiger partial charge in [-0.1, -0.05) is 36.4 Å². The van der Waals surface area contributed by atoms with Crippen LogP contribution in [0.4, 0.5) is 0 Å². The highest BCUT2D eigenvalue weighted by Crippen LogP contribution is 2.19. The fourth-order valence-electron chi connectivity index (χ4n) is 3.19. The number of nitrogens with zero attached hydrogens (tertiary/aromatic N) is 2. The van der Waals surface area contributed by atoms with Gasteiger partial charge in [0, 0.05) is 26.2 Å². The van der Waals surface area contributed by atoms with Gasteiger partial charge in [0.25, 0.3) is 0 Å². The van der Waals surface area contributed by atoms with E-state index in [1.807, 2.05) is 24.3 Å². The summed E-state index contributed by atoms with van der Waals surface area (Å²) in [6.45, 7) is 5.38. The fraction of sp³-hybridized carbons (Fsp3) is 0.400. The van der Waals surface area contributed by atoms with Crippen LogP contribution in [-0.2, 0) is 27.8 Å². The molecule has 3 rings (SSSR count). The van der Waals surface area contributed by atoms with Crippen LogP contribution in [0.2, 0.25) is 0 Å². The zero-order chi connectivity index (χ0) is 18.6. The Morgan fingerprint density at radius 3 is 2.50 bits per heavy atom. The van der Waals surface area contributed by atoms with Crippen LogP contribution in [0, 0.1) is 6.92 Å². The zero-order valence-corrected chi connectivity index (χ0v) is 16.2. The van der Waals surface area contributed by atoms with Crippen molar-refractivity contribution in [1.29, 1.82) is 0 Å². The van der Waals surface area contributed by atoms with E-state index in [-0.39, 0.29) is 0 Å². The lowest BCUT2D eigenvalue weighted by atomic mass is 10.1. The minimum atomic E-state index is -3.45. The molecule has 0 spiro atoms. The molecule has 0 radical (unpaired) electrons. The summed E-state index contributed by atoms with van der Waals surface area (Å²) in [7, 11) is -1.40. The molecule has 2 aromatic carbocycles. The topological polar surface area (TPSA) is 49.9 Å². The maximum absolute atomic E-state index is 12.8. The number of sulfonamides is 1. The first-order chi connectivity index (χ1) is 12.5. The van der Waals surface area contributed by atoms with Crippen LogP contribution in [0.15, 0.2) is 53.4 Å². The summed E-state index contributed by atoms with van der Waals surface area (Å²) in [5.74, 6) is 0. The SMILES string of the molecule is Cc1ccccc1CN(C)Cc1cccc(S(=O)(=O)N2CCOCC2)c1. The molecular formula is C20H26N2O3S. The molecule has 1 saturated heterocycles. The van der Waals surface area contributed by atoms with Gasteiger partial charge in [-0.25, -0.2) is 8.42 Å². The minimum Gasteiger partial charge on any atom is -0.379 e. The third-order valence-corrected chi connectivity index (χ3v) is 6.55. The van der Waals surface area contributed by atoms with Crippen molar-refractivity contribution in [3.05, 3.63) is 65.2 Å². The summed E-state index contributed by atoms with van der Waals surface area (Å²) >= 11 is 0. The van der Waals surface area contributed by atoms with Gasteiger partial charge < -0.3 is 4.74 Å². The van der Waals surface area contributed by atoms with Gasteiger partial charge in [0.2, 0.25) is 10.0 Å². The first kappa shape index (κ1) is 19.0. The molecule has 1 aliphatic heterocycles. The highest BCUT2D eigenvalue weighted by Gasteiger charge is 2.26. The summed E-state index contributed by atoms with van der Waals surface area (Å²) in [6.07, 6.45) is 0. The second-order valence-corrected chi connectivity index (χ2v) is 8.70. The molecule has 0 amide bonds. The van der Waals surface area contributed by atoms with Gasteiger partial charge in [-0.05, 0) is 42.8 Å². The Hall–Kier alpha value is -1.73. The maximum atomic E-state index is 12.8. The van der Waals surface area contributed by atoms with E-state index in [1.54, 1.807) is 12.1 Å². The standard InChI is InChI=1S/C20H26N2O3S/c1-17-6-3-4-8-19(17)16-21(2)15-18-7-5-9-20(14-18)26(23,24)22-10-12-25-13-11-22/h3-9,14H,10-13,15-16H2,1-2H3. The predicted molar refractivity (Wildman–Crippen MR) is 102 cm³/mol. The van der Waals surface area contributed by atoms with Crippen molar-refractivity contribution >= 4 is 10.0 Å². The first-order valence-corrected chi connectivity index (χ1v) is 10.3. The molecule has 0 aliphatic carbocycles. The van der Waals surface area contributed by atoms with E-state index in [1.165, 1.54) is 15.4 Å². The lowest BCUT2D eigenvalue weighted by Crippen LogP contribution is -2.40. The molecule has 26 heavy (non-hydrogen) atoms. The van der Waals surface area contributed by atoms with Crippen molar-refractivity contribution in [1.82, 2.24) is 9.21 Å². The zero-order valence-electron chi connectivity index (χ0n) is 15.4. The fourth-order valence-corrected chi connectivity index (χ4v) is 4.66. The van der Waals surface area contributed by atoms with E-state index in [4.69, 9.17) is 4.74 Å². The van der Waals surface area contributed by atoms with Crippen LogP contribution in [0.3, 0.4) is 0 Å². The molecule has 0 atom stereocenters. The molecule has 2 aromatic rings. The van der Waals surface area contributed by atoms with Gasteiger partial charge >= 0.3 is 0 Å². The Morgan fingerprint density at radius 2 is 1.77 bits per heavy atom. The van der Waals surface area contributed by atoms with Crippen molar-refractivity contribution in [2.24, 2.45) is 0 Å². The molecule has 0 N–H and O–H groups in total. The second kappa shape index (κ2) is 8.31. The third-order valence-electron chi connectivity index (χ3n) is 4.66. The largest absolute Gasteiger partial charge is 0.379 e. The molecule has 140 valence electrons. The highest BCUT2D eigenvalue weighted by atomic mass is 32.2. The lowest BCUT2D eigenvalue weighted by Gasteiger charge is -2.26. The molecule has 0 unspecified atom stereocenters. The smallest absolute Gasteiger partial charge is 0.243 e. The van der Waals surface area contributed by atoms with Crippen LogP contribution in [0.1, 0.15) is 16.7 Å². The molecule has 6 heteroatoms. The number of hydrogen-bond donors (Lipinski definition) is 0. The number of rotatable bonds is 6. The Kier molecular flexibility index (Phi) is 6.09. The molecule has 0 bridgehead atoms. The molecular weight excluding hydrogens is 348 g/mol. The summed E-state index contributed by atoms with van der Waals surface area (Å²) in [5.41, 5.74) is 3.55. The van der Waals surface area contributed by atoms with Crippen LogP contribution in [-0.4, -0.2) is 51.0 Å². The van der Waals surface area contributed by atoms with Crippen molar-refractivity contribution in [3.63, 3.8) is 0 Å². The average Bonchev–Trinajstić information content (AvgIpc) is 2.64. The van der Waals surface area contributed by atoms with Crippen LogP contribution >= 0.6 is 0 Å². The predicted octanol–water partition coefficient (Wildman–Crippen LogP) is 2.65. The van der Waals surface area contributed by atoms with Crippen molar-refractivity contribution in [2.75, 3.05) is 33.4 Å². The van der Waals surface area contributed by atoms with E-state index in [9.17, 15) is 8.42 Å². The highest BCUT2D eigenvalue weighted by molar-refractivity contribution is 7.89. The molecule has 1 heterocycles. The van der Waals surface area contributed by atoms with Crippen molar-refractivity contribution in [3.8, 4) is 0 Å². The van der Waals surface area contributed by atoms with Crippen molar-refractivity contribution in [2.45, 2.75) is 24.9 Å². The molecule has 5 nitrogen and oxygen atoms in total.